The van der Waals surface area contributed by atoms with Crippen molar-refractivity contribution >= 4 is 0 Å². The first-order chi connectivity index (χ1) is 17.5. The minimum atomic E-state index is -2.45. The molecule has 0 spiro atoms. The number of rotatable bonds is 9. The fourth-order valence-corrected chi connectivity index (χ4v) is 6.43. The molecule has 1 aliphatic heterocycles. The molecule has 2 atom stereocenters. The van der Waals surface area contributed by atoms with Crippen molar-refractivity contribution < 1.29 is 8.78 Å². The van der Waals surface area contributed by atoms with E-state index in [-0.39, 0.29) is 12.8 Å². The van der Waals surface area contributed by atoms with Crippen LogP contribution in [0.3, 0.4) is 0 Å². The quantitative estimate of drug-likeness (QED) is 0.485. The van der Waals surface area contributed by atoms with E-state index in [1.54, 1.807) is 0 Å². The number of hydrogen-bond acceptors (Lipinski definition) is 5. The number of fused-ring (bicyclic) bond motifs is 2. The molecule has 3 heterocycles. The summed E-state index contributed by atoms with van der Waals surface area (Å²) in [5.74, 6) is -2.45. The third kappa shape index (κ3) is 6.29. The molecule has 36 heavy (non-hydrogen) atoms. The summed E-state index contributed by atoms with van der Waals surface area (Å²) < 4.78 is 27.1. The zero-order valence-corrected chi connectivity index (χ0v) is 21.6. The summed E-state index contributed by atoms with van der Waals surface area (Å²) in [6.45, 7) is 3.88. The summed E-state index contributed by atoms with van der Waals surface area (Å²) in [5.41, 5.74) is 5.20. The predicted octanol–water partition coefficient (Wildman–Crippen LogP) is 5.16. The SMILES string of the molecule is CN(CCCCN(C[C@H]1Cc2ncccc2CN1)[C@H]1CCCc2cccnc21)C1CCC(F)(F)CC1. The second-order valence-electron chi connectivity index (χ2n) is 11.1. The Balaban J connectivity index is 1.20. The van der Waals surface area contributed by atoms with Crippen LogP contribution in [0.4, 0.5) is 8.78 Å². The first-order valence-electron chi connectivity index (χ1n) is 13.9. The van der Waals surface area contributed by atoms with Crippen LogP contribution >= 0.6 is 0 Å². The van der Waals surface area contributed by atoms with E-state index in [0.717, 1.165) is 58.3 Å². The van der Waals surface area contributed by atoms with Crippen LogP contribution < -0.4 is 5.32 Å². The summed E-state index contributed by atoms with van der Waals surface area (Å²) >= 11 is 0. The van der Waals surface area contributed by atoms with E-state index >= 15 is 0 Å². The predicted molar refractivity (Wildman–Crippen MR) is 139 cm³/mol. The smallest absolute Gasteiger partial charge is 0.248 e. The van der Waals surface area contributed by atoms with Crippen LogP contribution in [-0.2, 0) is 19.4 Å². The van der Waals surface area contributed by atoms with Crippen molar-refractivity contribution in [2.24, 2.45) is 0 Å². The van der Waals surface area contributed by atoms with Crippen molar-refractivity contribution in [2.75, 3.05) is 26.7 Å². The van der Waals surface area contributed by atoms with Gasteiger partial charge in [0.25, 0.3) is 0 Å². The molecule has 1 N–H and O–H groups in total. The Kier molecular flexibility index (Phi) is 8.28. The maximum absolute atomic E-state index is 13.6. The Morgan fingerprint density at radius 3 is 2.58 bits per heavy atom. The third-order valence-electron chi connectivity index (χ3n) is 8.58. The van der Waals surface area contributed by atoms with Crippen LogP contribution in [0, 0.1) is 0 Å². The topological polar surface area (TPSA) is 44.3 Å². The van der Waals surface area contributed by atoms with Crippen molar-refractivity contribution in [1.82, 2.24) is 25.1 Å². The lowest BCUT2D eigenvalue weighted by molar-refractivity contribution is -0.0513. The number of pyridine rings is 2. The molecule has 1 saturated carbocycles. The molecule has 1 fully saturated rings. The van der Waals surface area contributed by atoms with E-state index in [4.69, 9.17) is 4.98 Å². The molecule has 2 aromatic heterocycles. The summed E-state index contributed by atoms with van der Waals surface area (Å²) in [6, 6.07) is 9.55. The Hall–Kier alpha value is -1.96. The zero-order chi connectivity index (χ0) is 25.0. The lowest BCUT2D eigenvalue weighted by atomic mass is 9.90. The average Bonchev–Trinajstić information content (AvgIpc) is 2.90. The molecule has 2 aliphatic carbocycles. The number of hydrogen-bond donors (Lipinski definition) is 1. The molecule has 0 radical (unpaired) electrons. The fourth-order valence-electron chi connectivity index (χ4n) is 6.43. The van der Waals surface area contributed by atoms with Gasteiger partial charge in [0.2, 0.25) is 5.92 Å². The molecule has 7 heteroatoms. The Labute approximate surface area is 214 Å². The number of unbranched alkanes of at least 4 members (excludes halogenated alkanes) is 1. The molecule has 0 bridgehead atoms. The molecule has 5 nitrogen and oxygen atoms in total. The number of nitrogens with zero attached hydrogens (tertiary/aromatic N) is 4. The van der Waals surface area contributed by atoms with Crippen molar-refractivity contribution in [3.05, 3.63) is 59.2 Å². The van der Waals surface area contributed by atoms with Crippen molar-refractivity contribution in [3.63, 3.8) is 0 Å². The number of nitrogens with one attached hydrogen (secondary N) is 1. The lowest BCUT2D eigenvalue weighted by Gasteiger charge is -2.38. The molecule has 0 saturated heterocycles. The summed E-state index contributed by atoms with van der Waals surface area (Å²) in [7, 11) is 2.11. The van der Waals surface area contributed by atoms with Crippen LogP contribution in [0.25, 0.3) is 0 Å². The van der Waals surface area contributed by atoms with Gasteiger partial charge in [0, 0.05) is 62.5 Å². The van der Waals surface area contributed by atoms with Gasteiger partial charge >= 0.3 is 0 Å². The highest BCUT2D eigenvalue weighted by Gasteiger charge is 2.36. The van der Waals surface area contributed by atoms with Gasteiger partial charge in [0.1, 0.15) is 0 Å². The van der Waals surface area contributed by atoms with Crippen LogP contribution in [-0.4, -0.2) is 64.5 Å². The first-order valence-corrected chi connectivity index (χ1v) is 13.9. The highest BCUT2D eigenvalue weighted by atomic mass is 19.3. The molecule has 2 aromatic rings. The normalized spacial score (nSPS) is 24.0. The van der Waals surface area contributed by atoms with Gasteiger partial charge in [0.15, 0.2) is 0 Å². The highest BCUT2D eigenvalue weighted by molar-refractivity contribution is 5.26. The summed E-state index contributed by atoms with van der Waals surface area (Å²) in [5, 5.41) is 3.76. The number of aryl methyl sites for hydroxylation is 1. The molecule has 0 unspecified atom stereocenters. The van der Waals surface area contributed by atoms with Crippen molar-refractivity contribution in [3.8, 4) is 0 Å². The Bertz CT molecular complexity index is 989. The first kappa shape index (κ1) is 25.7. The van der Waals surface area contributed by atoms with Crippen LogP contribution in [0.1, 0.15) is 79.9 Å². The molecular formula is C29H41F2N5. The maximum atomic E-state index is 13.6. The second-order valence-corrected chi connectivity index (χ2v) is 11.1. The van der Waals surface area contributed by atoms with E-state index in [9.17, 15) is 8.78 Å². The number of halogens is 2. The third-order valence-corrected chi connectivity index (χ3v) is 8.58. The standard InChI is InChI=1S/C29H41F2N5/c1-35(25-11-13-29(30,31)14-12-25)17-2-3-18-36(27-10-4-7-22-8-5-16-33-28(22)27)21-24-19-26-23(20-34-24)9-6-15-32-26/h5-6,8-9,15-16,24-25,27,34H,2-4,7,10-14,17-21H2,1H3/t24-,27+/m1/s1. The fraction of sp³-hybridized carbons (Fsp3) is 0.655. The van der Waals surface area contributed by atoms with Gasteiger partial charge in [-0.05, 0) is 88.3 Å². The van der Waals surface area contributed by atoms with E-state index < -0.39 is 5.92 Å². The minimum Gasteiger partial charge on any atom is -0.308 e. The van der Waals surface area contributed by atoms with Crippen molar-refractivity contribution in [1.29, 1.82) is 0 Å². The molecular weight excluding hydrogens is 456 g/mol. The number of aromatic nitrogens is 2. The van der Waals surface area contributed by atoms with E-state index in [0.29, 0.717) is 31.0 Å². The highest BCUT2D eigenvalue weighted by Crippen LogP contribution is 2.35. The monoisotopic (exact) mass is 497 g/mol. The van der Waals surface area contributed by atoms with Crippen LogP contribution in [0.5, 0.6) is 0 Å². The molecule has 0 amide bonds. The maximum Gasteiger partial charge on any atom is 0.248 e. The molecule has 0 aromatic carbocycles. The molecule has 3 aliphatic rings. The average molecular weight is 498 g/mol. The van der Waals surface area contributed by atoms with Crippen molar-refractivity contribution in [2.45, 2.75) is 94.8 Å². The summed E-state index contributed by atoms with van der Waals surface area (Å²) in [4.78, 5) is 14.5. The van der Waals surface area contributed by atoms with Gasteiger partial charge in [-0.1, -0.05) is 12.1 Å². The Morgan fingerprint density at radius 1 is 1.00 bits per heavy atom. The van der Waals surface area contributed by atoms with E-state index in [2.05, 4.69) is 45.3 Å². The number of alkyl halides is 2. The van der Waals surface area contributed by atoms with E-state index in [1.807, 2.05) is 18.5 Å². The Morgan fingerprint density at radius 2 is 1.75 bits per heavy atom. The van der Waals surface area contributed by atoms with Gasteiger partial charge in [-0.25, -0.2) is 8.78 Å². The van der Waals surface area contributed by atoms with Gasteiger partial charge < -0.3 is 10.2 Å². The van der Waals surface area contributed by atoms with Gasteiger partial charge in [-0.3, -0.25) is 14.9 Å². The van der Waals surface area contributed by atoms with Gasteiger partial charge in [0.05, 0.1) is 11.7 Å². The van der Waals surface area contributed by atoms with E-state index in [1.165, 1.54) is 28.9 Å². The second kappa shape index (κ2) is 11.6. The van der Waals surface area contributed by atoms with Crippen LogP contribution in [0.2, 0.25) is 0 Å². The minimum absolute atomic E-state index is 0.0379. The largest absolute Gasteiger partial charge is 0.308 e. The van der Waals surface area contributed by atoms with Crippen LogP contribution in [0.15, 0.2) is 36.7 Å². The zero-order valence-electron chi connectivity index (χ0n) is 21.6. The van der Waals surface area contributed by atoms with Gasteiger partial charge in [-0.15, -0.1) is 0 Å². The van der Waals surface area contributed by atoms with Gasteiger partial charge in [-0.2, -0.15) is 0 Å². The lowest BCUT2D eigenvalue weighted by Crippen LogP contribution is -2.47. The molecule has 5 rings (SSSR count). The summed E-state index contributed by atoms with van der Waals surface area (Å²) in [6.07, 6.45) is 11.8. The molecule has 196 valence electrons.